The van der Waals surface area contributed by atoms with Crippen LogP contribution >= 0.6 is 0 Å². The first kappa shape index (κ1) is 20.2. The van der Waals surface area contributed by atoms with Crippen molar-refractivity contribution >= 4 is 5.91 Å². The van der Waals surface area contributed by atoms with Crippen molar-refractivity contribution in [1.82, 2.24) is 25.0 Å². The van der Waals surface area contributed by atoms with E-state index in [1.54, 1.807) is 6.20 Å². The molecule has 7 heteroatoms. The quantitative estimate of drug-likeness (QED) is 0.640. The number of carbonyl (C=O) groups excluding carboxylic acids is 1. The van der Waals surface area contributed by atoms with Crippen molar-refractivity contribution in [2.45, 2.75) is 51.9 Å². The van der Waals surface area contributed by atoms with Gasteiger partial charge < -0.3 is 9.42 Å². The van der Waals surface area contributed by atoms with E-state index in [2.05, 4.69) is 29.0 Å². The lowest BCUT2D eigenvalue weighted by Gasteiger charge is -2.31. The van der Waals surface area contributed by atoms with Crippen LogP contribution in [0.4, 0.5) is 0 Å². The van der Waals surface area contributed by atoms with Gasteiger partial charge in [-0.1, -0.05) is 25.1 Å². The lowest BCUT2D eigenvalue weighted by molar-refractivity contribution is -0.131. The summed E-state index contributed by atoms with van der Waals surface area (Å²) < 4.78 is 5.44. The van der Waals surface area contributed by atoms with E-state index in [0.29, 0.717) is 12.2 Å². The van der Waals surface area contributed by atoms with Gasteiger partial charge in [-0.15, -0.1) is 0 Å². The lowest BCUT2D eigenvalue weighted by Crippen LogP contribution is -2.39. The first-order valence-corrected chi connectivity index (χ1v) is 10.5. The molecule has 7 nitrogen and oxygen atoms in total. The minimum Gasteiger partial charge on any atom is -0.356 e. The number of aryl methyl sites for hydroxylation is 1. The standard InChI is InChI=1S/C23H27N5O2/c1-15(2)22-19(20-12-16(3)27-30-20)14-25-23(26-22)17-7-10-28(11-8-17)21(29)13-18-6-4-5-9-24-18/h4-6,9,12,14-15,17H,7-8,10-11,13H2,1-3H3. The van der Waals surface area contributed by atoms with E-state index in [9.17, 15) is 4.79 Å². The number of rotatable bonds is 5. The Kier molecular flexibility index (Phi) is 5.88. The Labute approximate surface area is 176 Å². The SMILES string of the molecule is Cc1cc(-c2cnc(C3CCN(C(=O)Cc4ccccn4)CC3)nc2C(C)C)on1. The first-order chi connectivity index (χ1) is 14.5. The lowest BCUT2D eigenvalue weighted by atomic mass is 9.94. The van der Waals surface area contributed by atoms with Crippen molar-refractivity contribution in [3.05, 3.63) is 59.6 Å². The zero-order valence-electron chi connectivity index (χ0n) is 17.7. The third-order valence-corrected chi connectivity index (χ3v) is 5.55. The average molecular weight is 406 g/mol. The number of likely N-dealkylation sites (tertiary alicyclic amines) is 1. The Bertz CT molecular complexity index is 1010. The second-order valence-electron chi connectivity index (χ2n) is 8.17. The van der Waals surface area contributed by atoms with Crippen LogP contribution in [0.5, 0.6) is 0 Å². The Morgan fingerprint density at radius 2 is 2.03 bits per heavy atom. The largest absolute Gasteiger partial charge is 0.356 e. The van der Waals surface area contributed by atoms with Gasteiger partial charge >= 0.3 is 0 Å². The summed E-state index contributed by atoms with van der Waals surface area (Å²) in [4.78, 5) is 28.3. The maximum absolute atomic E-state index is 12.6. The molecule has 0 N–H and O–H groups in total. The number of carbonyl (C=O) groups is 1. The molecular weight excluding hydrogens is 378 g/mol. The molecule has 4 heterocycles. The molecule has 0 bridgehead atoms. The van der Waals surface area contributed by atoms with Gasteiger partial charge in [0.05, 0.1) is 23.4 Å². The molecular formula is C23H27N5O2. The van der Waals surface area contributed by atoms with E-state index >= 15 is 0 Å². The fourth-order valence-electron chi connectivity index (χ4n) is 3.88. The first-order valence-electron chi connectivity index (χ1n) is 10.5. The number of pyridine rings is 1. The summed E-state index contributed by atoms with van der Waals surface area (Å²) in [6.07, 6.45) is 5.67. The molecule has 3 aromatic rings. The molecule has 0 radical (unpaired) electrons. The molecule has 1 aliphatic heterocycles. The second kappa shape index (κ2) is 8.73. The highest BCUT2D eigenvalue weighted by atomic mass is 16.5. The van der Waals surface area contributed by atoms with Gasteiger partial charge in [-0.25, -0.2) is 9.97 Å². The maximum Gasteiger partial charge on any atom is 0.228 e. The summed E-state index contributed by atoms with van der Waals surface area (Å²) in [5.41, 5.74) is 3.53. The molecule has 1 saturated heterocycles. The van der Waals surface area contributed by atoms with Crippen molar-refractivity contribution in [2.75, 3.05) is 13.1 Å². The number of amides is 1. The predicted molar refractivity (Wildman–Crippen MR) is 113 cm³/mol. The topological polar surface area (TPSA) is 85.0 Å². The van der Waals surface area contributed by atoms with Gasteiger partial charge in [0.15, 0.2) is 5.76 Å². The molecule has 1 fully saturated rings. The van der Waals surface area contributed by atoms with Crippen LogP contribution in [0.2, 0.25) is 0 Å². The maximum atomic E-state index is 12.6. The van der Waals surface area contributed by atoms with Crippen molar-refractivity contribution in [3.8, 4) is 11.3 Å². The zero-order valence-corrected chi connectivity index (χ0v) is 17.7. The van der Waals surface area contributed by atoms with E-state index in [1.807, 2.05) is 42.3 Å². The molecule has 3 aromatic heterocycles. The highest BCUT2D eigenvalue weighted by Crippen LogP contribution is 2.31. The molecule has 156 valence electrons. The molecule has 4 rings (SSSR count). The third kappa shape index (κ3) is 4.40. The van der Waals surface area contributed by atoms with Crippen LogP contribution in [0.25, 0.3) is 11.3 Å². The monoisotopic (exact) mass is 405 g/mol. The van der Waals surface area contributed by atoms with E-state index in [0.717, 1.165) is 54.4 Å². The van der Waals surface area contributed by atoms with E-state index in [4.69, 9.17) is 9.51 Å². The fraction of sp³-hybridized carbons (Fsp3) is 0.435. The fourth-order valence-corrected chi connectivity index (χ4v) is 3.88. The average Bonchev–Trinajstić information content (AvgIpc) is 3.20. The van der Waals surface area contributed by atoms with Gasteiger partial charge in [-0.2, -0.15) is 0 Å². The Balaban J connectivity index is 1.44. The van der Waals surface area contributed by atoms with Crippen LogP contribution in [-0.2, 0) is 11.2 Å². The Morgan fingerprint density at radius 3 is 2.67 bits per heavy atom. The Morgan fingerprint density at radius 1 is 1.23 bits per heavy atom. The third-order valence-electron chi connectivity index (χ3n) is 5.55. The van der Waals surface area contributed by atoms with Gasteiger partial charge in [0.1, 0.15) is 5.82 Å². The van der Waals surface area contributed by atoms with Gasteiger partial charge in [-0.3, -0.25) is 9.78 Å². The van der Waals surface area contributed by atoms with Crippen LogP contribution in [0.15, 0.2) is 41.2 Å². The van der Waals surface area contributed by atoms with Crippen molar-refractivity contribution in [3.63, 3.8) is 0 Å². The number of piperidine rings is 1. The van der Waals surface area contributed by atoms with Crippen molar-refractivity contribution in [2.24, 2.45) is 0 Å². The summed E-state index contributed by atoms with van der Waals surface area (Å²) in [5.74, 6) is 2.19. The normalized spacial score (nSPS) is 15.0. The van der Waals surface area contributed by atoms with Gasteiger partial charge in [-0.05, 0) is 37.8 Å². The minimum absolute atomic E-state index is 0.131. The summed E-state index contributed by atoms with van der Waals surface area (Å²) in [6, 6.07) is 7.58. The van der Waals surface area contributed by atoms with E-state index < -0.39 is 0 Å². The van der Waals surface area contributed by atoms with Gasteiger partial charge in [0, 0.05) is 43.2 Å². The molecule has 0 aromatic carbocycles. The molecule has 1 amide bonds. The molecule has 30 heavy (non-hydrogen) atoms. The van der Waals surface area contributed by atoms with Crippen LogP contribution in [-0.4, -0.2) is 44.0 Å². The smallest absolute Gasteiger partial charge is 0.228 e. The molecule has 0 aliphatic carbocycles. The molecule has 1 aliphatic rings. The number of nitrogens with zero attached hydrogens (tertiary/aromatic N) is 5. The number of hydrogen-bond donors (Lipinski definition) is 0. The number of hydrogen-bond acceptors (Lipinski definition) is 6. The summed E-state index contributed by atoms with van der Waals surface area (Å²) >= 11 is 0. The van der Waals surface area contributed by atoms with Crippen LogP contribution in [0, 0.1) is 6.92 Å². The van der Waals surface area contributed by atoms with Crippen LogP contribution in [0.3, 0.4) is 0 Å². The van der Waals surface area contributed by atoms with Crippen molar-refractivity contribution < 1.29 is 9.32 Å². The number of aromatic nitrogens is 4. The minimum atomic E-state index is 0.131. The zero-order chi connectivity index (χ0) is 21.1. The predicted octanol–water partition coefficient (Wildman–Crippen LogP) is 3.91. The molecule has 0 saturated carbocycles. The van der Waals surface area contributed by atoms with E-state index in [-0.39, 0.29) is 17.7 Å². The molecule has 0 atom stereocenters. The second-order valence-corrected chi connectivity index (χ2v) is 8.17. The Hall–Kier alpha value is -3.09. The highest BCUT2D eigenvalue weighted by molar-refractivity contribution is 5.78. The van der Waals surface area contributed by atoms with Crippen LogP contribution < -0.4 is 0 Å². The summed E-state index contributed by atoms with van der Waals surface area (Å²) in [6.45, 7) is 7.59. The highest BCUT2D eigenvalue weighted by Gasteiger charge is 2.27. The van der Waals surface area contributed by atoms with Gasteiger partial charge in [0.25, 0.3) is 0 Å². The molecule has 0 unspecified atom stereocenters. The van der Waals surface area contributed by atoms with E-state index in [1.165, 1.54) is 0 Å². The van der Waals surface area contributed by atoms with Gasteiger partial charge in [0.2, 0.25) is 5.91 Å². The van der Waals surface area contributed by atoms with Crippen molar-refractivity contribution in [1.29, 1.82) is 0 Å². The summed E-state index contributed by atoms with van der Waals surface area (Å²) in [7, 11) is 0. The molecule has 0 spiro atoms. The van der Waals surface area contributed by atoms with Crippen LogP contribution in [0.1, 0.15) is 61.4 Å². The summed E-state index contributed by atoms with van der Waals surface area (Å²) in [5, 5.41) is 3.99.